The van der Waals surface area contributed by atoms with Crippen LogP contribution in [0.3, 0.4) is 0 Å². The van der Waals surface area contributed by atoms with Crippen molar-refractivity contribution in [2.75, 3.05) is 18.4 Å². The molecule has 2 heterocycles. The Labute approximate surface area is 142 Å². The molecule has 1 saturated carbocycles. The second-order valence-corrected chi connectivity index (χ2v) is 6.52. The quantitative estimate of drug-likeness (QED) is 0.846. The van der Waals surface area contributed by atoms with Crippen LogP contribution in [0.1, 0.15) is 38.5 Å². The number of hydrogen-bond acceptors (Lipinski definition) is 6. The number of aromatic nitrogens is 2. The zero-order valence-corrected chi connectivity index (χ0v) is 13.8. The Balaban J connectivity index is 1.38. The molecule has 3 rings (SSSR count). The molecule has 2 aliphatic rings. The lowest BCUT2D eigenvalue weighted by Gasteiger charge is -2.30. The minimum atomic E-state index is -0.231. The number of nitriles is 1. The van der Waals surface area contributed by atoms with Crippen molar-refractivity contribution in [1.29, 1.82) is 5.26 Å². The third-order valence-electron chi connectivity index (χ3n) is 4.89. The second kappa shape index (κ2) is 8.06. The molecule has 128 valence electrons. The minimum absolute atomic E-state index is 0.0528. The fourth-order valence-electron chi connectivity index (χ4n) is 3.53. The van der Waals surface area contributed by atoms with Crippen LogP contribution in [0.25, 0.3) is 0 Å². The Kier molecular flexibility index (Phi) is 5.59. The maximum absolute atomic E-state index is 12.2. The Morgan fingerprint density at radius 2 is 1.92 bits per heavy atom. The summed E-state index contributed by atoms with van der Waals surface area (Å²) in [5.74, 6) is 0.734. The van der Waals surface area contributed by atoms with E-state index in [9.17, 15) is 4.79 Å². The monoisotopic (exact) mass is 328 g/mol. The fraction of sp³-hybridized carbons (Fsp3) is 0.647. The topological polar surface area (TPSA) is 93.9 Å². The van der Waals surface area contributed by atoms with Crippen molar-refractivity contribution in [3.8, 4) is 6.07 Å². The average Bonchev–Trinajstić information content (AvgIpc) is 3.10. The third kappa shape index (κ3) is 4.20. The van der Waals surface area contributed by atoms with E-state index < -0.39 is 0 Å². The van der Waals surface area contributed by atoms with Crippen molar-refractivity contribution in [2.24, 2.45) is 0 Å². The van der Waals surface area contributed by atoms with Gasteiger partial charge in [0, 0.05) is 31.0 Å². The van der Waals surface area contributed by atoms with E-state index in [0.717, 1.165) is 38.5 Å². The summed E-state index contributed by atoms with van der Waals surface area (Å²) in [6.45, 7) is 1.05. The van der Waals surface area contributed by atoms with Crippen molar-refractivity contribution in [1.82, 2.24) is 20.2 Å². The maximum atomic E-state index is 12.2. The number of rotatable bonds is 5. The van der Waals surface area contributed by atoms with E-state index in [1.165, 1.54) is 0 Å². The van der Waals surface area contributed by atoms with E-state index in [1.54, 1.807) is 23.4 Å². The smallest absolute Gasteiger partial charge is 0.237 e. The number of hydrogen-bond donors (Lipinski definition) is 2. The Hall–Kier alpha value is -2.20. The maximum Gasteiger partial charge on any atom is 0.237 e. The van der Waals surface area contributed by atoms with Gasteiger partial charge >= 0.3 is 0 Å². The van der Waals surface area contributed by atoms with Gasteiger partial charge in [-0.25, -0.2) is 9.97 Å². The largest absolute Gasteiger partial charge is 0.351 e. The Morgan fingerprint density at radius 3 is 2.62 bits per heavy atom. The van der Waals surface area contributed by atoms with Gasteiger partial charge in [0.1, 0.15) is 6.04 Å². The summed E-state index contributed by atoms with van der Waals surface area (Å²) in [6, 6.07) is 4.55. The molecule has 0 unspecified atom stereocenters. The zero-order valence-electron chi connectivity index (χ0n) is 13.8. The molecule has 1 atom stereocenters. The van der Waals surface area contributed by atoms with Crippen LogP contribution in [0.4, 0.5) is 5.95 Å². The van der Waals surface area contributed by atoms with Gasteiger partial charge in [0.2, 0.25) is 11.9 Å². The lowest BCUT2D eigenvalue weighted by atomic mass is 9.91. The summed E-state index contributed by atoms with van der Waals surface area (Å²) in [6.07, 6.45) is 9.34. The number of carbonyl (C=O) groups excluding carboxylic acids is 1. The van der Waals surface area contributed by atoms with Crippen molar-refractivity contribution in [3.63, 3.8) is 0 Å². The van der Waals surface area contributed by atoms with E-state index in [1.807, 2.05) is 0 Å². The molecule has 1 saturated heterocycles. The molecule has 1 aliphatic heterocycles. The van der Waals surface area contributed by atoms with Gasteiger partial charge in [0.25, 0.3) is 0 Å². The summed E-state index contributed by atoms with van der Waals surface area (Å²) in [5.41, 5.74) is 0. The first-order chi connectivity index (χ1) is 11.8. The number of likely N-dealkylation sites (tertiary alicyclic amines) is 1. The summed E-state index contributed by atoms with van der Waals surface area (Å²) >= 11 is 0. The number of nitrogens with zero attached hydrogens (tertiary/aromatic N) is 4. The van der Waals surface area contributed by atoms with E-state index in [0.29, 0.717) is 31.1 Å². The molecule has 0 spiro atoms. The van der Waals surface area contributed by atoms with Crippen LogP contribution in [0.5, 0.6) is 0 Å². The number of carbonyl (C=O) groups is 1. The van der Waals surface area contributed by atoms with E-state index in [-0.39, 0.29) is 11.9 Å². The van der Waals surface area contributed by atoms with Crippen LogP contribution in [0.15, 0.2) is 18.5 Å². The van der Waals surface area contributed by atoms with Crippen molar-refractivity contribution < 1.29 is 4.79 Å². The summed E-state index contributed by atoms with van der Waals surface area (Å²) in [4.78, 5) is 22.4. The van der Waals surface area contributed by atoms with Crippen LogP contribution in [0, 0.1) is 11.3 Å². The van der Waals surface area contributed by atoms with E-state index in [4.69, 9.17) is 5.26 Å². The first-order valence-corrected chi connectivity index (χ1v) is 8.72. The molecule has 1 aromatic heterocycles. The molecular formula is C17H24N6O. The van der Waals surface area contributed by atoms with Gasteiger partial charge in [-0.2, -0.15) is 5.26 Å². The van der Waals surface area contributed by atoms with Gasteiger partial charge in [0.05, 0.1) is 12.6 Å². The van der Waals surface area contributed by atoms with Crippen LogP contribution < -0.4 is 10.6 Å². The molecule has 2 fully saturated rings. The second-order valence-electron chi connectivity index (χ2n) is 6.52. The molecule has 0 radical (unpaired) electrons. The highest BCUT2D eigenvalue weighted by Crippen LogP contribution is 2.21. The predicted molar refractivity (Wildman–Crippen MR) is 90.0 cm³/mol. The average molecular weight is 328 g/mol. The molecule has 7 nitrogen and oxygen atoms in total. The van der Waals surface area contributed by atoms with Crippen LogP contribution in [0.2, 0.25) is 0 Å². The van der Waals surface area contributed by atoms with E-state index >= 15 is 0 Å². The molecule has 0 aromatic carbocycles. The van der Waals surface area contributed by atoms with Crippen molar-refractivity contribution in [3.05, 3.63) is 18.5 Å². The zero-order chi connectivity index (χ0) is 16.8. The van der Waals surface area contributed by atoms with Gasteiger partial charge in [-0.15, -0.1) is 0 Å². The van der Waals surface area contributed by atoms with Gasteiger partial charge in [0.15, 0.2) is 0 Å². The molecule has 1 amide bonds. The van der Waals surface area contributed by atoms with Gasteiger partial charge in [-0.3, -0.25) is 4.79 Å². The van der Waals surface area contributed by atoms with E-state index in [2.05, 4.69) is 26.7 Å². The molecule has 7 heteroatoms. The van der Waals surface area contributed by atoms with Crippen molar-refractivity contribution >= 4 is 11.9 Å². The molecule has 2 N–H and O–H groups in total. The number of anilines is 1. The first-order valence-electron chi connectivity index (χ1n) is 8.72. The van der Waals surface area contributed by atoms with Gasteiger partial charge < -0.3 is 15.5 Å². The lowest BCUT2D eigenvalue weighted by molar-refractivity contribution is -0.130. The number of nitrogens with one attached hydrogen (secondary N) is 2. The van der Waals surface area contributed by atoms with Crippen LogP contribution in [-0.4, -0.2) is 52.0 Å². The minimum Gasteiger partial charge on any atom is -0.351 e. The van der Waals surface area contributed by atoms with Gasteiger partial charge in [-0.05, 0) is 44.6 Å². The third-order valence-corrected chi connectivity index (χ3v) is 4.89. The van der Waals surface area contributed by atoms with Crippen LogP contribution in [-0.2, 0) is 4.79 Å². The normalized spacial score (nSPS) is 26.8. The standard InChI is InChI=1S/C17H24N6O/c18-11-15-3-1-10-23(15)16(24)12-21-13-4-6-14(7-5-13)22-17-19-8-2-9-20-17/h2,8-9,13-15,21H,1,3-7,10,12H2,(H,19,20,22)/t13?,14?,15-/m0/s1. The highest BCUT2D eigenvalue weighted by Gasteiger charge is 2.29. The molecule has 1 aromatic rings. The summed E-state index contributed by atoms with van der Waals surface area (Å²) in [5, 5.41) is 15.8. The fourth-order valence-corrected chi connectivity index (χ4v) is 3.53. The van der Waals surface area contributed by atoms with Crippen LogP contribution >= 0.6 is 0 Å². The summed E-state index contributed by atoms with van der Waals surface area (Å²) < 4.78 is 0. The summed E-state index contributed by atoms with van der Waals surface area (Å²) in [7, 11) is 0. The Bertz CT molecular complexity index is 578. The van der Waals surface area contributed by atoms with Crippen molar-refractivity contribution in [2.45, 2.75) is 56.7 Å². The Morgan fingerprint density at radius 1 is 1.21 bits per heavy atom. The highest BCUT2D eigenvalue weighted by atomic mass is 16.2. The SMILES string of the molecule is N#C[C@@H]1CCCN1C(=O)CNC1CCC(Nc2ncccn2)CC1. The highest BCUT2D eigenvalue weighted by molar-refractivity contribution is 5.79. The molecule has 24 heavy (non-hydrogen) atoms. The number of amides is 1. The molecule has 0 bridgehead atoms. The first kappa shape index (κ1) is 16.7. The molecular weight excluding hydrogens is 304 g/mol. The predicted octanol–water partition coefficient (Wildman–Crippen LogP) is 1.30. The van der Waals surface area contributed by atoms with Gasteiger partial charge in [-0.1, -0.05) is 0 Å². The lowest BCUT2D eigenvalue weighted by Crippen LogP contribution is -2.45. The molecule has 1 aliphatic carbocycles.